The Bertz CT molecular complexity index is 412. The Morgan fingerprint density at radius 1 is 1.40 bits per heavy atom. The molecular weight excluding hydrogens is 272 g/mol. The number of ether oxygens (including phenoxy) is 1. The average Bonchev–Trinajstić information content (AvgIpc) is 2.45. The van der Waals surface area contributed by atoms with E-state index in [2.05, 4.69) is 15.6 Å². The molecule has 2 N–H and O–H groups in total. The molecule has 0 aliphatic heterocycles. The van der Waals surface area contributed by atoms with Gasteiger partial charge < -0.3 is 20.3 Å². The normalized spacial score (nSPS) is 10.2. The second kappa shape index (κ2) is 9.50. The second-order valence-electron chi connectivity index (χ2n) is 4.54. The third-order valence-electron chi connectivity index (χ3n) is 2.69. The first-order chi connectivity index (χ1) is 9.65. The monoisotopic (exact) mass is 296 g/mol. The molecule has 0 saturated carbocycles. The molecular formula is C14H24N4OS. The van der Waals surface area contributed by atoms with Crippen LogP contribution in [-0.4, -0.2) is 44.0 Å². The van der Waals surface area contributed by atoms with E-state index in [1.165, 1.54) is 0 Å². The van der Waals surface area contributed by atoms with Crippen molar-refractivity contribution < 1.29 is 4.74 Å². The van der Waals surface area contributed by atoms with E-state index in [4.69, 9.17) is 17.0 Å². The summed E-state index contributed by atoms with van der Waals surface area (Å²) in [6.45, 7) is 5.00. The Kier molecular flexibility index (Phi) is 7.91. The molecule has 0 spiro atoms. The molecule has 0 unspecified atom stereocenters. The van der Waals surface area contributed by atoms with Crippen molar-refractivity contribution in [3.8, 4) is 0 Å². The zero-order chi connectivity index (χ0) is 14.8. The maximum absolute atomic E-state index is 5.27. The molecule has 1 aromatic rings. The van der Waals surface area contributed by atoms with Gasteiger partial charge in [-0.25, -0.2) is 4.98 Å². The molecule has 0 fully saturated rings. The van der Waals surface area contributed by atoms with Gasteiger partial charge in [0, 0.05) is 52.2 Å². The number of rotatable bonds is 8. The molecule has 20 heavy (non-hydrogen) atoms. The lowest BCUT2D eigenvalue weighted by molar-refractivity contribution is 0.145. The van der Waals surface area contributed by atoms with Crippen molar-refractivity contribution in [2.24, 2.45) is 0 Å². The van der Waals surface area contributed by atoms with Crippen LogP contribution in [0.4, 0.5) is 5.82 Å². The fraction of sp³-hybridized carbons (Fsp3) is 0.571. The Morgan fingerprint density at radius 2 is 2.20 bits per heavy atom. The minimum atomic E-state index is 0.662. The third kappa shape index (κ3) is 6.16. The van der Waals surface area contributed by atoms with E-state index in [1.54, 1.807) is 6.20 Å². The number of nitrogens with one attached hydrogen (secondary N) is 2. The smallest absolute Gasteiger partial charge is 0.166 e. The van der Waals surface area contributed by atoms with Crippen LogP contribution in [0.25, 0.3) is 0 Å². The highest BCUT2D eigenvalue weighted by molar-refractivity contribution is 7.80. The van der Waals surface area contributed by atoms with Crippen molar-refractivity contribution in [3.63, 3.8) is 0 Å². The SMILES string of the molecule is CCOCCCNC(=S)NCc1cccnc1N(C)C. The van der Waals surface area contributed by atoms with Crippen LogP contribution in [0.15, 0.2) is 18.3 Å². The van der Waals surface area contributed by atoms with Crippen molar-refractivity contribution in [2.75, 3.05) is 38.8 Å². The molecule has 0 aliphatic rings. The number of nitrogens with zero attached hydrogens (tertiary/aromatic N) is 2. The predicted octanol–water partition coefficient (Wildman–Crippen LogP) is 1.54. The summed E-state index contributed by atoms with van der Waals surface area (Å²) in [6.07, 6.45) is 2.74. The van der Waals surface area contributed by atoms with Gasteiger partial charge in [-0.2, -0.15) is 0 Å². The molecule has 0 aromatic carbocycles. The van der Waals surface area contributed by atoms with Crippen molar-refractivity contribution >= 4 is 23.1 Å². The Labute approximate surface area is 126 Å². The number of hydrogen-bond donors (Lipinski definition) is 2. The lowest BCUT2D eigenvalue weighted by Gasteiger charge is -2.17. The van der Waals surface area contributed by atoms with Crippen molar-refractivity contribution in [3.05, 3.63) is 23.9 Å². The van der Waals surface area contributed by atoms with Gasteiger partial charge in [0.15, 0.2) is 5.11 Å². The first-order valence-electron chi connectivity index (χ1n) is 6.85. The van der Waals surface area contributed by atoms with Gasteiger partial charge in [0.05, 0.1) is 0 Å². The first-order valence-corrected chi connectivity index (χ1v) is 7.26. The summed E-state index contributed by atoms with van der Waals surface area (Å²) in [7, 11) is 3.96. The summed E-state index contributed by atoms with van der Waals surface area (Å²) in [5.41, 5.74) is 1.12. The van der Waals surface area contributed by atoms with Gasteiger partial charge in [0.1, 0.15) is 5.82 Å². The van der Waals surface area contributed by atoms with E-state index >= 15 is 0 Å². The minimum Gasteiger partial charge on any atom is -0.382 e. The standard InChI is InChI=1S/C14H24N4OS/c1-4-19-10-6-9-16-14(20)17-11-12-7-5-8-15-13(12)18(2)3/h5,7-8H,4,6,9-11H2,1-3H3,(H2,16,17,20). The Balaban J connectivity index is 2.30. The van der Waals surface area contributed by atoms with Crippen molar-refractivity contribution in [1.29, 1.82) is 0 Å². The number of hydrogen-bond acceptors (Lipinski definition) is 4. The van der Waals surface area contributed by atoms with Gasteiger partial charge in [0.2, 0.25) is 0 Å². The summed E-state index contributed by atoms with van der Waals surface area (Å²) >= 11 is 5.24. The average molecular weight is 296 g/mol. The molecule has 1 heterocycles. The molecule has 6 heteroatoms. The van der Waals surface area contributed by atoms with Gasteiger partial charge in [-0.15, -0.1) is 0 Å². The molecule has 5 nitrogen and oxygen atoms in total. The summed E-state index contributed by atoms with van der Waals surface area (Å²) in [5, 5.41) is 7.03. The highest BCUT2D eigenvalue weighted by Crippen LogP contribution is 2.13. The molecule has 1 rings (SSSR count). The Morgan fingerprint density at radius 3 is 2.90 bits per heavy atom. The number of thiocarbonyl (C=S) groups is 1. The van der Waals surface area contributed by atoms with Crippen LogP contribution in [0, 0.1) is 0 Å². The van der Waals surface area contributed by atoms with E-state index in [1.807, 2.05) is 38.1 Å². The molecule has 0 bridgehead atoms. The van der Waals surface area contributed by atoms with Gasteiger partial charge in [0.25, 0.3) is 0 Å². The lowest BCUT2D eigenvalue weighted by atomic mass is 10.2. The van der Waals surface area contributed by atoms with Gasteiger partial charge in [-0.05, 0) is 31.6 Å². The van der Waals surface area contributed by atoms with Gasteiger partial charge >= 0.3 is 0 Å². The van der Waals surface area contributed by atoms with Crippen LogP contribution in [0.3, 0.4) is 0 Å². The second-order valence-corrected chi connectivity index (χ2v) is 4.95. The molecule has 112 valence electrons. The molecule has 1 aromatic heterocycles. The van der Waals surface area contributed by atoms with Crippen molar-refractivity contribution in [2.45, 2.75) is 19.9 Å². The van der Waals surface area contributed by atoms with E-state index in [0.29, 0.717) is 11.7 Å². The zero-order valence-corrected chi connectivity index (χ0v) is 13.3. The fourth-order valence-corrected chi connectivity index (χ4v) is 1.90. The molecule has 0 atom stereocenters. The molecule has 0 aliphatic carbocycles. The third-order valence-corrected chi connectivity index (χ3v) is 2.97. The van der Waals surface area contributed by atoms with Crippen LogP contribution in [0.1, 0.15) is 18.9 Å². The lowest BCUT2D eigenvalue weighted by Crippen LogP contribution is -2.36. The predicted molar refractivity (Wildman–Crippen MR) is 87.1 cm³/mol. The van der Waals surface area contributed by atoms with Crippen LogP contribution in [-0.2, 0) is 11.3 Å². The van der Waals surface area contributed by atoms with E-state index in [9.17, 15) is 0 Å². The van der Waals surface area contributed by atoms with Gasteiger partial charge in [-0.3, -0.25) is 0 Å². The summed E-state index contributed by atoms with van der Waals surface area (Å²) in [6, 6.07) is 3.98. The molecule has 0 amide bonds. The fourth-order valence-electron chi connectivity index (χ4n) is 1.73. The molecule has 0 radical (unpaired) electrons. The highest BCUT2D eigenvalue weighted by Gasteiger charge is 2.05. The first kappa shape index (κ1) is 16.7. The Hall–Kier alpha value is -1.40. The zero-order valence-electron chi connectivity index (χ0n) is 12.5. The van der Waals surface area contributed by atoms with E-state index in [-0.39, 0.29) is 0 Å². The van der Waals surface area contributed by atoms with E-state index < -0.39 is 0 Å². The van der Waals surface area contributed by atoms with Crippen LogP contribution >= 0.6 is 12.2 Å². The van der Waals surface area contributed by atoms with E-state index in [0.717, 1.165) is 37.6 Å². The van der Waals surface area contributed by atoms with Gasteiger partial charge in [-0.1, -0.05) is 6.07 Å². The maximum atomic E-state index is 5.27. The topological polar surface area (TPSA) is 49.4 Å². The van der Waals surface area contributed by atoms with Crippen LogP contribution < -0.4 is 15.5 Å². The van der Waals surface area contributed by atoms with Crippen LogP contribution in [0.2, 0.25) is 0 Å². The summed E-state index contributed by atoms with van der Waals surface area (Å²) in [5.74, 6) is 0.958. The maximum Gasteiger partial charge on any atom is 0.166 e. The molecule has 0 saturated heterocycles. The number of pyridine rings is 1. The largest absolute Gasteiger partial charge is 0.382 e. The highest BCUT2D eigenvalue weighted by atomic mass is 32.1. The quantitative estimate of drug-likeness (QED) is 0.560. The number of anilines is 1. The minimum absolute atomic E-state index is 0.662. The van der Waals surface area contributed by atoms with Crippen molar-refractivity contribution in [1.82, 2.24) is 15.6 Å². The summed E-state index contributed by atoms with van der Waals surface area (Å²) in [4.78, 5) is 6.35. The summed E-state index contributed by atoms with van der Waals surface area (Å²) < 4.78 is 5.27. The number of aromatic nitrogens is 1. The van der Waals surface area contributed by atoms with Crippen LogP contribution in [0.5, 0.6) is 0 Å².